The van der Waals surface area contributed by atoms with Gasteiger partial charge in [0.15, 0.2) is 12.6 Å². The van der Waals surface area contributed by atoms with Crippen LogP contribution in [0.2, 0.25) is 0 Å². The molecule has 0 aromatic heterocycles. The van der Waals surface area contributed by atoms with Crippen LogP contribution in [0.4, 0.5) is 0 Å². The van der Waals surface area contributed by atoms with Crippen molar-refractivity contribution in [2.24, 2.45) is 10.8 Å². The first-order chi connectivity index (χ1) is 15.7. The molecular formula is C24H26O9. The number of carbonyl (C=O) groups is 2. The minimum absolute atomic E-state index is 0.0710. The summed E-state index contributed by atoms with van der Waals surface area (Å²) in [6.45, 7) is 3.47. The van der Waals surface area contributed by atoms with Crippen LogP contribution in [0.3, 0.4) is 0 Å². The second kappa shape index (κ2) is 9.11. The Hall–Kier alpha value is -2.98. The summed E-state index contributed by atoms with van der Waals surface area (Å²) in [6.07, 6.45) is -1.24. The monoisotopic (exact) mass is 458 g/mol. The van der Waals surface area contributed by atoms with Crippen LogP contribution in [0.25, 0.3) is 0 Å². The molecular weight excluding hydrogens is 432 g/mol. The fraction of sp³-hybridized carbons (Fsp3) is 0.417. The Kier molecular flexibility index (Phi) is 6.40. The Bertz CT molecular complexity index is 902. The van der Waals surface area contributed by atoms with Crippen LogP contribution in [0, 0.1) is 10.8 Å². The van der Waals surface area contributed by atoms with E-state index in [-0.39, 0.29) is 26.4 Å². The molecule has 0 radical (unpaired) electrons. The molecule has 2 fully saturated rings. The first-order valence-electron chi connectivity index (χ1n) is 10.5. The minimum atomic E-state index is -1.05. The smallest absolute Gasteiger partial charge is 0.314 e. The molecule has 2 N–H and O–H groups in total. The van der Waals surface area contributed by atoms with Crippen molar-refractivity contribution in [3.05, 3.63) is 59.7 Å². The molecule has 0 spiro atoms. The number of carboxylic acid groups (broad SMARTS) is 2. The van der Waals surface area contributed by atoms with Crippen molar-refractivity contribution in [2.45, 2.75) is 26.4 Å². The maximum absolute atomic E-state index is 11.3. The van der Waals surface area contributed by atoms with Crippen molar-refractivity contribution in [3.8, 4) is 11.5 Å². The second-order valence-electron chi connectivity index (χ2n) is 8.88. The number of aliphatic carboxylic acids is 2. The van der Waals surface area contributed by atoms with Crippen molar-refractivity contribution in [1.82, 2.24) is 0 Å². The lowest BCUT2D eigenvalue weighted by atomic mass is 9.92. The van der Waals surface area contributed by atoms with Gasteiger partial charge >= 0.3 is 11.9 Å². The summed E-state index contributed by atoms with van der Waals surface area (Å²) in [5.41, 5.74) is -0.555. The van der Waals surface area contributed by atoms with Crippen molar-refractivity contribution in [3.63, 3.8) is 0 Å². The molecule has 2 aromatic rings. The molecule has 0 atom stereocenters. The van der Waals surface area contributed by atoms with Crippen LogP contribution in [-0.4, -0.2) is 48.6 Å². The van der Waals surface area contributed by atoms with E-state index in [2.05, 4.69) is 0 Å². The summed E-state index contributed by atoms with van der Waals surface area (Å²) in [4.78, 5) is 22.6. The van der Waals surface area contributed by atoms with Crippen molar-refractivity contribution < 1.29 is 43.5 Å². The lowest BCUT2D eigenvalue weighted by Crippen LogP contribution is -2.42. The minimum Gasteiger partial charge on any atom is -0.481 e. The van der Waals surface area contributed by atoms with Crippen LogP contribution < -0.4 is 4.74 Å². The van der Waals surface area contributed by atoms with E-state index in [1.54, 1.807) is 62.4 Å². The van der Waals surface area contributed by atoms with Gasteiger partial charge in [-0.05, 0) is 38.1 Å². The van der Waals surface area contributed by atoms with Crippen LogP contribution in [0.5, 0.6) is 11.5 Å². The Balaban J connectivity index is 1.32. The number of carboxylic acids is 2. The zero-order valence-electron chi connectivity index (χ0n) is 18.4. The molecule has 0 saturated carbocycles. The SMILES string of the molecule is CC1(C(=O)O)COC(c2ccc(Oc3ccc(C4OCC(C)(C(=O)O)CO4)cc3)cc2)OC1. The molecule has 33 heavy (non-hydrogen) atoms. The normalized spacial score (nSPS) is 29.9. The standard InChI is InChI=1S/C24H26O9/c1-23(21(25)26)11-29-19(30-12-23)15-3-7-17(8-4-15)33-18-9-5-16(6-10-18)20-31-13-24(2,14-32-20)22(27)28/h3-10,19-20H,11-14H2,1-2H3,(H,25,26)(H,27,28). The van der Waals surface area contributed by atoms with E-state index < -0.39 is 35.3 Å². The maximum Gasteiger partial charge on any atom is 0.314 e. The highest BCUT2D eigenvalue weighted by molar-refractivity contribution is 5.75. The number of benzene rings is 2. The summed E-state index contributed by atoms with van der Waals surface area (Å²) in [5.74, 6) is -0.674. The van der Waals surface area contributed by atoms with E-state index in [0.29, 0.717) is 11.5 Å². The summed E-state index contributed by atoms with van der Waals surface area (Å²) in [5, 5.41) is 18.5. The van der Waals surface area contributed by atoms with Crippen LogP contribution in [0.15, 0.2) is 48.5 Å². The Morgan fingerprint density at radius 3 is 1.27 bits per heavy atom. The highest BCUT2D eigenvalue weighted by Gasteiger charge is 2.40. The molecule has 9 nitrogen and oxygen atoms in total. The molecule has 0 aliphatic carbocycles. The van der Waals surface area contributed by atoms with E-state index >= 15 is 0 Å². The molecule has 0 unspecified atom stereocenters. The van der Waals surface area contributed by atoms with E-state index in [9.17, 15) is 19.8 Å². The quantitative estimate of drug-likeness (QED) is 0.666. The van der Waals surface area contributed by atoms with E-state index in [0.717, 1.165) is 11.1 Å². The van der Waals surface area contributed by atoms with Gasteiger partial charge in [0.1, 0.15) is 22.3 Å². The van der Waals surface area contributed by atoms with E-state index in [1.807, 2.05) is 0 Å². The van der Waals surface area contributed by atoms with Gasteiger partial charge < -0.3 is 33.9 Å². The van der Waals surface area contributed by atoms with Crippen LogP contribution in [0.1, 0.15) is 37.6 Å². The topological polar surface area (TPSA) is 121 Å². The van der Waals surface area contributed by atoms with Gasteiger partial charge in [-0.25, -0.2) is 0 Å². The largest absolute Gasteiger partial charge is 0.481 e. The molecule has 0 bridgehead atoms. The van der Waals surface area contributed by atoms with Gasteiger partial charge in [0, 0.05) is 11.1 Å². The predicted octanol–water partition coefficient (Wildman–Crippen LogP) is 3.75. The van der Waals surface area contributed by atoms with Crippen molar-refractivity contribution in [1.29, 1.82) is 0 Å². The van der Waals surface area contributed by atoms with Gasteiger partial charge in [-0.3, -0.25) is 9.59 Å². The summed E-state index contributed by atoms with van der Waals surface area (Å²) < 4.78 is 28.3. The summed E-state index contributed by atoms with van der Waals surface area (Å²) >= 11 is 0. The molecule has 2 aliphatic heterocycles. The van der Waals surface area contributed by atoms with Crippen molar-refractivity contribution >= 4 is 11.9 Å². The number of hydrogen-bond donors (Lipinski definition) is 2. The average molecular weight is 458 g/mol. The molecule has 176 valence electrons. The highest BCUT2D eigenvalue weighted by atomic mass is 16.7. The second-order valence-corrected chi connectivity index (χ2v) is 8.88. The van der Waals surface area contributed by atoms with Crippen LogP contribution >= 0.6 is 0 Å². The summed E-state index contributed by atoms with van der Waals surface area (Å²) in [6, 6.07) is 14.3. The predicted molar refractivity (Wildman–Crippen MR) is 114 cm³/mol. The molecule has 2 saturated heterocycles. The van der Waals surface area contributed by atoms with Gasteiger partial charge in [-0.15, -0.1) is 0 Å². The molecule has 0 amide bonds. The van der Waals surface area contributed by atoms with Gasteiger partial charge in [0.2, 0.25) is 0 Å². The fourth-order valence-corrected chi connectivity index (χ4v) is 3.37. The Morgan fingerprint density at radius 2 is 1.00 bits per heavy atom. The van der Waals surface area contributed by atoms with Gasteiger partial charge in [0.25, 0.3) is 0 Å². The third-order valence-electron chi connectivity index (χ3n) is 5.79. The van der Waals surface area contributed by atoms with Crippen molar-refractivity contribution in [2.75, 3.05) is 26.4 Å². The van der Waals surface area contributed by atoms with E-state index in [4.69, 9.17) is 23.7 Å². The fourth-order valence-electron chi connectivity index (χ4n) is 3.37. The maximum atomic E-state index is 11.3. The third-order valence-corrected chi connectivity index (χ3v) is 5.79. The first-order valence-corrected chi connectivity index (χ1v) is 10.5. The Labute approximate surface area is 190 Å². The van der Waals surface area contributed by atoms with E-state index in [1.165, 1.54) is 0 Å². The molecule has 2 heterocycles. The molecule has 4 rings (SSSR count). The molecule has 9 heteroatoms. The van der Waals surface area contributed by atoms with Gasteiger partial charge in [0.05, 0.1) is 26.4 Å². The lowest BCUT2D eigenvalue weighted by Gasteiger charge is -2.34. The highest BCUT2D eigenvalue weighted by Crippen LogP contribution is 2.34. The number of rotatable bonds is 6. The van der Waals surface area contributed by atoms with Gasteiger partial charge in [-0.1, -0.05) is 24.3 Å². The third kappa shape index (κ3) is 5.01. The molecule has 2 aromatic carbocycles. The zero-order chi connectivity index (χ0) is 23.6. The number of ether oxygens (including phenoxy) is 5. The van der Waals surface area contributed by atoms with Gasteiger partial charge in [-0.2, -0.15) is 0 Å². The first kappa shape index (κ1) is 23.2. The average Bonchev–Trinajstić information content (AvgIpc) is 2.81. The Morgan fingerprint density at radius 1 is 0.697 bits per heavy atom. The summed E-state index contributed by atoms with van der Waals surface area (Å²) in [7, 11) is 0. The molecule has 2 aliphatic rings. The van der Waals surface area contributed by atoms with Crippen LogP contribution in [-0.2, 0) is 28.5 Å². The lowest BCUT2D eigenvalue weighted by molar-refractivity contribution is -0.234. The number of hydrogen-bond acceptors (Lipinski definition) is 7. The zero-order valence-corrected chi connectivity index (χ0v) is 18.4.